The predicted molar refractivity (Wildman–Crippen MR) is 61.3 cm³/mol. The number of aromatic nitrogens is 2. The van der Waals surface area contributed by atoms with E-state index >= 15 is 0 Å². The number of rotatable bonds is 1. The van der Waals surface area contributed by atoms with Gasteiger partial charge in [0.05, 0.1) is 6.20 Å². The number of nitrogens with one attached hydrogen (secondary N) is 1. The van der Waals surface area contributed by atoms with Gasteiger partial charge in [-0.25, -0.2) is 9.78 Å². The number of carbonyl (C=O) groups excluding carboxylic acids is 1. The van der Waals surface area contributed by atoms with Crippen molar-refractivity contribution < 1.29 is 9.53 Å². The molecule has 0 saturated heterocycles. The van der Waals surface area contributed by atoms with Gasteiger partial charge in [-0.1, -0.05) is 0 Å². The summed E-state index contributed by atoms with van der Waals surface area (Å²) >= 11 is 5.51. The van der Waals surface area contributed by atoms with Crippen molar-refractivity contribution in [3.05, 3.63) is 11.5 Å². The summed E-state index contributed by atoms with van der Waals surface area (Å²) in [4.78, 5) is 18.8. The van der Waals surface area contributed by atoms with Gasteiger partial charge in [-0.3, -0.25) is 5.32 Å². The van der Waals surface area contributed by atoms with Crippen molar-refractivity contribution in [2.75, 3.05) is 11.1 Å². The Bertz CT molecular complexity index is 403. The van der Waals surface area contributed by atoms with Crippen LogP contribution in [0.1, 0.15) is 20.8 Å². The highest BCUT2D eigenvalue weighted by atomic mass is 35.5. The Balaban J connectivity index is 2.70. The van der Waals surface area contributed by atoms with E-state index in [0.717, 1.165) is 0 Å². The molecule has 3 N–H and O–H groups in total. The van der Waals surface area contributed by atoms with Crippen LogP contribution in [0.25, 0.3) is 0 Å². The minimum absolute atomic E-state index is 0.0206. The monoisotopic (exact) mass is 244 g/mol. The molecule has 1 rings (SSSR count). The van der Waals surface area contributed by atoms with Crippen molar-refractivity contribution >= 4 is 29.2 Å². The minimum atomic E-state index is -0.620. The molecule has 6 nitrogen and oxygen atoms in total. The Hall–Kier alpha value is -1.56. The van der Waals surface area contributed by atoms with Crippen molar-refractivity contribution in [1.82, 2.24) is 9.97 Å². The maximum atomic E-state index is 11.4. The van der Waals surface area contributed by atoms with E-state index in [0.29, 0.717) is 0 Å². The van der Waals surface area contributed by atoms with Gasteiger partial charge in [0, 0.05) is 0 Å². The molecule has 1 heterocycles. The molecular formula is C9H13ClN4O2. The van der Waals surface area contributed by atoms with Crippen LogP contribution in [0.2, 0.25) is 5.28 Å². The average Bonchev–Trinajstić information content (AvgIpc) is 2.06. The summed E-state index contributed by atoms with van der Waals surface area (Å²) in [7, 11) is 0. The van der Waals surface area contributed by atoms with Crippen LogP contribution in [-0.2, 0) is 4.74 Å². The molecule has 0 aliphatic rings. The normalized spacial score (nSPS) is 11.0. The van der Waals surface area contributed by atoms with E-state index in [1.165, 1.54) is 6.20 Å². The van der Waals surface area contributed by atoms with Gasteiger partial charge in [0.2, 0.25) is 5.28 Å². The molecule has 1 aromatic heterocycles. The van der Waals surface area contributed by atoms with E-state index in [-0.39, 0.29) is 16.8 Å². The highest BCUT2D eigenvalue weighted by Crippen LogP contribution is 2.17. The summed E-state index contributed by atoms with van der Waals surface area (Å²) in [6, 6.07) is 0. The van der Waals surface area contributed by atoms with Crippen LogP contribution in [0.5, 0.6) is 0 Å². The number of amides is 1. The quantitative estimate of drug-likeness (QED) is 0.738. The van der Waals surface area contributed by atoms with Crippen molar-refractivity contribution in [2.45, 2.75) is 26.4 Å². The lowest BCUT2D eigenvalue weighted by Gasteiger charge is -2.19. The second kappa shape index (κ2) is 4.52. The first kappa shape index (κ1) is 12.5. The molecule has 1 aromatic rings. The van der Waals surface area contributed by atoms with Crippen molar-refractivity contribution in [3.8, 4) is 0 Å². The number of carbonyl (C=O) groups is 1. The Morgan fingerprint density at radius 1 is 1.56 bits per heavy atom. The Morgan fingerprint density at radius 3 is 2.69 bits per heavy atom. The SMILES string of the molecule is CC(C)(C)OC(=O)Nc1cnc(Cl)nc1N. The van der Waals surface area contributed by atoms with Gasteiger partial charge < -0.3 is 10.5 Å². The van der Waals surface area contributed by atoms with Gasteiger partial charge in [0.15, 0.2) is 5.82 Å². The second-order valence-electron chi connectivity index (χ2n) is 4.06. The molecule has 0 unspecified atom stereocenters. The Kier molecular flexibility index (Phi) is 3.54. The smallest absolute Gasteiger partial charge is 0.412 e. The summed E-state index contributed by atoms with van der Waals surface area (Å²) in [5.41, 5.74) is 5.21. The summed E-state index contributed by atoms with van der Waals surface area (Å²) in [5, 5.41) is 2.44. The predicted octanol–water partition coefficient (Wildman–Crippen LogP) is 2.06. The van der Waals surface area contributed by atoms with E-state index in [2.05, 4.69) is 15.3 Å². The van der Waals surface area contributed by atoms with Crippen molar-refractivity contribution in [2.24, 2.45) is 0 Å². The van der Waals surface area contributed by atoms with Gasteiger partial charge in [-0.15, -0.1) is 0 Å². The Morgan fingerprint density at radius 2 is 2.19 bits per heavy atom. The molecule has 0 spiro atoms. The summed E-state index contributed by atoms with van der Waals surface area (Å²) in [6.45, 7) is 5.27. The molecule has 0 fully saturated rings. The van der Waals surface area contributed by atoms with Gasteiger partial charge in [0.25, 0.3) is 0 Å². The average molecular weight is 245 g/mol. The third kappa shape index (κ3) is 3.90. The highest BCUT2D eigenvalue weighted by Gasteiger charge is 2.17. The standard InChI is InChI=1S/C9H13ClN4O2/c1-9(2,3)16-8(15)13-5-4-12-7(10)14-6(5)11/h4H,1-3H3,(H,13,15)(H2,11,12,14). The lowest BCUT2D eigenvalue weighted by Crippen LogP contribution is -2.27. The number of nitrogens with zero attached hydrogens (tertiary/aromatic N) is 2. The minimum Gasteiger partial charge on any atom is -0.444 e. The zero-order chi connectivity index (χ0) is 12.3. The molecule has 0 aliphatic carbocycles. The van der Waals surface area contributed by atoms with Crippen LogP contribution >= 0.6 is 11.6 Å². The van der Waals surface area contributed by atoms with Crippen LogP contribution in [0.4, 0.5) is 16.3 Å². The van der Waals surface area contributed by atoms with Gasteiger partial charge in [-0.05, 0) is 32.4 Å². The second-order valence-corrected chi connectivity index (χ2v) is 4.40. The molecule has 0 saturated carbocycles. The molecule has 0 radical (unpaired) electrons. The molecule has 7 heteroatoms. The maximum Gasteiger partial charge on any atom is 0.412 e. The molecule has 0 aliphatic heterocycles. The Labute approximate surface area is 98.2 Å². The molecule has 0 atom stereocenters. The van der Waals surface area contributed by atoms with Gasteiger partial charge >= 0.3 is 6.09 Å². The fraction of sp³-hybridized carbons (Fsp3) is 0.444. The van der Waals surface area contributed by atoms with Crippen molar-refractivity contribution in [3.63, 3.8) is 0 Å². The lowest BCUT2D eigenvalue weighted by molar-refractivity contribution is 0.0636. The third-order valence-electron chi connectivity index (χ3n) is 1.42. The first-order chi connectivity index (χ1) is 7.28. The zero-order valence-corrected chi connectivity index (χ0v) is 10.00. The third-order valence-corrected chi connectivity index (χ3v) is 1.61. The van der Waals surface area contributed by atoms with E-state index in [9.17, 15) is 4.79 Å². The first-order valence-corrected chi connectivity index (χ1v) is 4.94. The van der Waals surface area contributed by atoms with Crippen molar-refractivity contribution in [1.29, 1.82) is 0 Å². The van der Waals surface area contributed by atoms with Crippen LogP contribution < -0.4 is 11.1 Å². The molecule has 1 amide bonds. The summed E-state index contributed by atoms with van der Waals surface area (Å²) in [5.74, 6) is 0.0888. The maximum absolute atomic E-state index is 11.4. The number of anilines is 2. The van der Waals surface area contributed by atoms with E-state index < -0.39 is 11.7 Å². The fourth-order valence-corrected chi connectivity index (χ4v) is 1.02. The topological polar surface area (TPSA) is 90.1 Å². The molecule has 16 heavy (non-hydrogen) atoms. The first-order valence-electron chi connectivity index (χ1n) is 4.56. The molecular weight excluding hydrogens is 232 g/mol. The fourth-order valence-electron chi connectivity index (χ4n) is 0.882. The number of halogens is 1. The number of ether oxygens (including phenoxy) is 1. The van der Waals surface area contributed by atoms with Crippen LogP contribution in [0.3, 0.4) is 0 Å². The largest absolute Gasteiger partial charge is 0.444 e. The van der Waals surface area contributed by atoms with Crippen LogP contribution in [0, 0.1) is 0 Å². The van der Waals surface area contributed by atoms with E-state index in [4.69, 9.17) is 22.1 Å². The van der Waals surface area contributed by atoms with Crippen LogP contribution in [0.15, 0.2) is 6.20 Å². The summed E-state index contributed by atoms with van der Waals surface area (Å²) < 4.78 is 5.03. The lowest BCUT2D eigenvalue weighted by atomic mass is 10.2. The number of hydrogen-bond donors (Lipinski definition) is 2. The zero-order valence-electron chi connectivity index (χ0n) is 9.24. The van der Waals surface area contributed by atoms with Gasteiger partial charge in [-0.2, -0.15) is 4.98 Å². The molecule has 88 valence electrons. The molecule has 0 aromatic carbocycles. The highest BCUT2D eigenvalue weighted by molar-refractivity contribution is 6.28. The van der Waals surface area contributed by atoms with E-state index in [1.807, 2.05) is 0 Å². The number of nitrogens with two attached hydrogens (primary N) is 1. The number of nitrogen functional groups attached to an aromatic ring is 1. The van der Waals surface area contributed by atoms with E-state index in [1.54, 1.807) is 20.8 Å². The van der Waals surface area contributed by atoms with Crippen LogP contribution in [-0.4, -0.2) is 21.7 Å². The van der Waals surface area contributed by atoms with Gasteiger partial charge in [0.1, 0.15) is 11.3 Å². The molecule has 0 bridgehead atoms. The number of hydrogen-bond acceptors (Lipinski definition) is 5. The summed E-state index contributed by atoms with van der Waals surface area (Å²) in [6.07, 6.45) is 0.694.